The van der Waals surface area contributed by atoms with Crippen LogP contribution in [0.15, 0.2) is 66.7 Å². The number of carbonyl (C=O) groups is 1. The van der Waals surface area contributed by atoms with Crippen molar-refractivity contribution in [3.05, 3.63) is 105 Å². The highest BCUT2D eigenvalue weighted by Crippen LogP contribution is 2.37. The first kappa shape index (κ1) is 25.0. The highest BCUT2D eigenvalue weighted by atomic mass is 35.5. The fourth-order valence-electron chi connectivity index (χ4n) is 4.56. The van der Waals surface area contributed by atoms with Gasteiger partial charge in [0, 0.05) is 36.8 Å². The predicted molar refractivity (Wildman–Crippen MR) is 140 cm³/mol. The van der Waals surface area contributed by atoms with Crippen molar-refractivity contribution in [3.8, 4) is 0 Å². The van der Waals surface area contributed by atoms with E-state index in [1.165, 1.54) is 0 Å². The van der Waals surface area contributed by atoms with Gasteiger partial charge in [-0.15, -0.1) is 0 Å². The lowest BCUT2D eigenvalue weighted by molar-refractivity contribution is 0.0103. The van der Waals surface area contributed by atoms with Gasteiger partial charge < -0.3 is 15.7 Å². The number of β-amino-alcohol motifs (C(OH)–C–C–N with tert-alkyl or cyclic N) is 1. The predicted octanol–water partition coefficient (Wildman–Crippen LogP) is 5.41. The van der Waals surface area contributed by atoms with E-state index in [9.17, 15) is 9.90 Å². The molecule has 1 aliphatic heterocycles. The lowest BCUT2D eigenvalue weighted by Crippen LogP contribution is -2.52. The molecule has 35 heavy (non-hydrogen) atoms. The Kier molecular flexibility index (Phi) is 7.34. The quantitative estimate of drug-likeness (QED) is 0.436. The van der Waals surface area contributed by atoms with Crippen LogP contribution in [0.4, 0.5) is 11.4 Å². The molecule has 0 aliphatic carbocycles. The van der Waals surface area contributed by atoms with Crippen LogP contribution >= 0.6 is 23.2 Å². The minimum Gasteiger partial charge on any atom is -0.384 e. The van der Waals surface area contributed by atoms with Gasteiger partial charge in [-0.3, -0.25) is 9.69 Å². The second-order valence-corrected chi connectivity index (χ2v) is 9.80. The summed E-state index contributed by atoms with van der Waals surface area (Å²) < 4.78 is 0. The van der Waals surface area contributed by atoms with Gasteiger partial charge in [0.1, 0.15) is 0 Å². The van der Waals surface area contributed by atoms with Gasteiger partial charge in [-0.1, -0.05) is 59.6 Å². The molecular formula is C27H26Cl2N4O2. The summed E-state index contributed by atoms with van der Waals surface area (Å²) in [4.78, 5) is 19.4. The smallest absolute Gasteiger partial charge is 0.248 e. The zero-order valence-corrected chi connectivity index (χ0v) is 20.8. The number of amides is 1. The summed E-state index contributed by atoms with van der Waals surface area (Å²) in [5.41, 5.74) is 7.88. The Morgan fingerprint density at radius 2 is 1.80 bits per heavy atom. The molecule has 8 heteroatoms. The highest BCUT2D eigenvalue weighted by Gasteiger charge is 2.34. The summed E-state index contributed by atoms with van der Waals surface area (Å²) in [5.74, 6) is -0.524. The molecule has 6 nitrogen and oxygen atoms in total. The highest BCUT2D eigenvalue weighted by molar-refractivity contribution is 6.33. The number of nitrogens with two attached hydrogens (primary N) is 1. The first-order valence-electron chi connectivity index (χ1n) is 11.2. The molecule has 0 saturated carbocycles. The maximum Gasteiger partial charge on any atom is 0.248 e. The number of primary amides is 1. The van der Waals surface area contributed by atoms with Gasteiger partial charge in [-0.2, -0.15) is 0 Å². The molecule has 0 aromatic heterocycles. The zero-order chi connectivity index (χ0) is 25.2. The molecule has 2 atom stereocenters. The Bertz CT molecular complexity index is 1250. The lowest BCUT2D eigenvalue weighted by Gasteiger charge is -2.45. The number of rotatable bonds is 6. The lowest BCUT2D eigenvalue weighted by atomic mass is 9.93. The maximum absolute atomic E-state index is 11.6. The molecule has 3 aromatic rings. The van der Waals surface area contributed by atoms with Gasteiger partial charge in [-0.25, -0.2) is 4.85 Å². The first-order chi connectivity index (χ1) is 16.7. The molecular weight excluding hydrogens is 483 g/mol. The van der Waals surface area contributed by atoms with E-state index in [-0.39, 0.29) is 6.04 Å². The second-order valence-electron chi connectivity index (χ2n) is 8.96. The largest absolute Gasteiger partial charge is 0.384 e. The van der Waals surface area contributed by atoms with Crippen molar-refractivity contribution < 1.29 is 9.90 Å². The van der Waals surface area contributed by atoms with Crippen LogP contribution in [0.3, 0.4) is 0 Å². The van der Waals surface area contributed by atoms with E-state index in [2.05, 4.69) is 14.6 Å². The minimum absolute atomic E-state index is 0.0572. The number of benzene rings is 3. The summed E-state index contributed by atoms with van der Waals surface area (Å²) in [6.45, 7) is 11.4. The summed E-state index contributed by atoms with van der Waals surface area (Å²) in [5, 5.41) is 12.4. The van der Waals surface area contributed by atoms with E-state index >= 15 is 0 Å². The fraction of sp³-hybridized carbons (Fsp3) is 0.259. The third kappa shape index (κ3) is 5.61. The van der Waals surface area contributed by atoms with Crippen molar-refractivity contribution in [2.24, 2.45) is 5.73 Å². The van der Waals surface area contributed by atoms with E-state index < -0.39 is 11.5 Å². The van der Waals surface area contributed by atoms with Crippen LogP contribution in [0, 0.1) is 6.57 Å². The molecule has 1 fully saturated rings. The van der Waals surface area contributed by atoms with Gasteiger partial charge in [0.05, 0.1) is 28.9 Å². The molecule has 1 aliphatic rings. The minimum atomic E-state index is -1.09. The number of carbonyl (C=O) groups excluding carboxylic acids is 1. The van der Waals surface area contributed by atoms with Crippen molar-refractivity contribution in [2.75, 3.05) is 31.1 Å². The molecule has 4 rings (SSSR count). The van der Waals surface area contributed by atoms with E-state index in [1.54, 1.807) is 43.3 Å². The van der Waals surface area contributed by atoms with E-state index in [4.69, 9.17) is 35.5 Å². The SMILES string of the molecule is [C-]#[N+]c1ccc([C@](C)(O)CN2CCN(c3ccc(C(N)=O)cc3Cl)[C@H](c3ccc(Cl)cc3)C2)cc1. The van der Waals surface area contributed by atoms with Crippen LogP contribution in [0.1, 0.15) is 34.5 Å². The number of halogens is 2. The molecule has 0 bridgehead atoms. The number of anilines is 1. The molecule has 180 valence electrons. The van der Waals surface area contributed by atoms with Crippen LogP contribution in [-0.2, 0) is 5.60 Å². The van der Waals surface area contributed by atoms with E-state index in [0.29, 0.717) is 47.5 Å². The number of hydrogen-bond donors (Lipinski definition) is 2. The van der Waals surface area contributed by atoms with Crippen LogP contribution in [-0.4, -0.2) is 42.1 Å². The Labute approximate surface area is 215 Å². The Balaban J connectivity index is 1.61. The molecule has 3 aromatic carbocycles. The van der Waals surface area contributed by atoms with Gasteiger partial charge in [0.2, 0.25) is 5.91 Å². The van der Waals surface area contributed by atoms with Crippen molar-refractivity contribution in [2.45, 2.75) is 18.6 Å². The summed E-state index contributed by atoms with van der Waals surface area (Å²) in [7, 11) is 0. The molecule has 1 amide bonds. The van der Waals surface area contributed by atoms with Gasteiger partial charge >= 0.3 is 0 Å². The average molecular weight is 509 g/mol. The second kappa shape index (κ2) is 10.3. The molecule has 1 heterocycles. The molecule has 0 spiro atoms. The average Bonchev–Trinajstić information content (AvgIpc) is 2.84. The first-order valence-corrected chi connectivity index (χ1v) is 12.0. The number of aliphatic hydroxyl groups is 1. The molecule has 1 saturated heterocycles. The fourth-order valence-corrected chi connectivity index (χ4v) is 4.97. The van der Waals surface area contributed by atoms with Crippen LogP contribution < -0.4 is 10.6 Å². The summed E-state index contributed by atoms with van der Waals surface area (Å²) in [6, 6.07) is 19.8. The third-order valence-electron chi connectivity index (χ3n) is 6.41. The van der Waals surface area contributed by atoms with Gasteiger partial charge in [0.25, 0.3) is 0 Å². The Hall–Kier alpha value is -3.08. The number of hydrogen-bond acceptors (Lipinski definition) is 4. The monoisotopic (exact) mass is 508 g/mol. The maximum atomic E-state index is 11.6. The zero-order valence-electron chi connectivity index (χ0n) is 19.3. The van der Waals surface area contributed by atoms with Crippen LogP contribution in [0.25, 0.3) is 4.85 Å². The molecule has 3 N–H and O–H groups in total. The standard InChI is InChI=1S/C27H26Cl2N4O2/c1-27(35,20-6-10-22(31-2)11-7-20)17-32-13-14-33(24-12-5-19(26(30)34)15-23(24)29)25(16-32)18-3-8-21(28)9-4-18/h3-12,15,25,35H,13-14,16-17H2,1H3,(H2,30,34)/t25-,27+/m0/s1. The summed E-state index contributed by atoms with van der Waals surface area (Å²) >= 11 is 12.7. The van der Waals surface area contributed by atoms with Crippen molar-refractivity contribution >= 4 is 40.5 Å². The Morgan fingerprint density at radius 1 is 1.11 bits per heavy atom. The number of piperazine rings is 1. The van der Waals surface area contributed by atoms with Crippen molar-refractivity contribution in [1.82, 2.24) is 4.90 Å². The third-order valence-corrected chi connectivity index (χ3v) is 6.97. The summed E-state index contributed by atoms with van der Waals surface area (Å²) in [6.07, 6.45) is 0. The van der Waals surface area contributed by atoms with Crippen LogP contribution in [0.2, 0.25) is 10.0 Å². The van der Waals surface area contributed by atoms with Crippen molar-refractivity contribution in [3.63, 3.8) is 0 Å². The van der Waals surface area contributed by atoms with Crippen molar-refractivity contribution in [1.29, 1.82) is 0 Å². The van der Waals surface area contributed by atoms with Gasteiger partial charge in [0.15, 0.2) is 5.69 Å². The normalized spacial score (nSPS) is 18.0. The topological polar surface area (TPSA) is 74.2 Å². The van der Waals surface area contributed by atoms with Crippen LogP contribution in [0.5, 0.6) is 0 Å². The van der Waals surface area contributed by atoms with Gasteiger partial charge in [-0.05, 0) is 48.4 Å². The Morgan fingerprint density at radius 3 is 2.40 bits per heavy atom. The number of nitrogens with zero attached hydrogens (tertiary/aromatic N) is 3. The molecule has 0 unspecified atom stereocenters. The van der Waals surface area contributed by atoms with E-state index in [1.807, 2.05) is 30.3 Å². The molecule has 0 radical (unpaired) electrons. The van der Waals surface area contributed by atoms with E-state index in [0.717, 1.165) is 16.8 Å².